The smallest absolute Gasteiger partial charge is 0.305 e. The van der Waals surface area contributed by atoms with E-state index in [1.807, 2.05) is 6.92 Å². The van der Waals surface area contributed by atoms with E-state index in [0.717, 1.165) is 25.9 Å². The van der Waals surface area contributed by atoms with E-state index in [1.54, 1.807) is 0 Å². The highest BCUT2D eigenvalue weighted by Crippen LogP contribution is 1.99. The molecule has 0 amide bonds. The second-order valence-electron chi connectivity index (χ2n) is 4.61. The van der Waals surface area contributed by atoms with Crippen molar-refractivity contribution in [1.29, 1.82) is 0 Å². The van der Waals surface area contributed by atoms with Crippen LogP contribution in [0.25, 0.3) is 0 Å². The van der Waals surface area contributed by atoms with Gasteiger partial charge in [0.2, 0.25) is 0 Å². The number of ether oxygens (including phenoxy) is 3. The van der Waals surface area contributed by atoms with E-state index in [0.29, 0.717) is 32.8 Å². The molecule has 0 bridgehead atoms. The zero-order chi connectivity index (χ0) is 14.2. The molecule has 0 aliphatic rings. The summed E-state index contributed by atoms with van der Waals surface area (Å²) in [6.45, 7) is 7.38. The molecule has 0 rings (SSSR count). The summed E-state index contributed by atoms with van der Waals surface area (Å²) >= 11 is 0. The van der Waals surface area contributed by atoms with E-state index in [2.05, 4.69) is 6.92 Å². The number of hydrogen-bond acceptors (Lipinski definition) is 4. The van der Waals surface area contributed by atoms with Gasteiger partial charge in [0.05, 0.1) is 19.8 Å². The van der Waals surface area contributed by atoms with Crippen LogP contribution in [0.4, 0.5) is 0 Å². The van der Waals surface area contributed by atoms with Gasteiger partial charge in [0.25, 0.3) is 0 Å². The minimum atomic E-state index is -0.127. The summed E-state index contributed by atoms with van der Waals surface area (Å²) in [4.78, 5) is 11.2. The molecule has 0 spiro atoms. The second-order valence-corrected chi connectivity index (χ2v) is 4.61. The lowest BCUT2D eigenvalue weighted by Gasteiger charge is -2.06. The first-order valence-corrected chi connectivity index (χ1v) is 7.62. The minimum absolute atomic E-state index is 0.127. The van der Waals surface area contributed by atoms with Gasteiger partial charge in [-0.15, -0.1) is 0 Å². The third-order valence-electron chi connectivity index (χ3n) is 2.65. The van der Waals surface area contributed by atoms with Crippen molar-refractivity contribution < 1.29 is 19.0 Å². The van der Waals surface area contributed by atoms with Crippen molar-refractivity contribution in [2.75, 3.05) is 33.0 Å². The lowest BCUT2D eigenvalue weighted by Crippen LogP contribution is -2.09. The highest BCUT2D eigenvalue weighted by molar-refractivity contribution is 5.69. The molecule has 4 nitrogen and oxygen atoms in total. The van der Waals surface area contributed by atoms with Gasteiger partial charge in [-0.3, -0.25) is 4.79 Å². The standard InChI is InChI=1S/C15H30O4/c1-3-5-6-7-11-17-13-14-18-12-8-9-15(16)19-10-4-2/h3-14H2,1-2H3. The van der Waals surface area contributed by atoms with Crippen LogP contribution in [-0.2, 0) is 19.0 Å². The Kier molecular flexibility index (Phi) is 15.0. The van der Waals surface area contributed by atoms with E-state index in [9.17, 15) is 4.79 Å². The molecule has 0 N–H and O–H groups in total. The van der Waals surface area contributed by atoms with Crippen LogP contribution >= 0.6 is 0 Å². The molecule has 19 heavy (non-hydrogen) atoms. The molecule has 0 aromatic rings. The van der Waals surface area contributed by atoms with Gasteiger partial charge in [-0.05, 0) is 19.3 Å². The first-order chi connectivity index (χ1) is 9.31. The van der Waals surface area contributed by atoms with Gasteiger partial charge in [-0.25, -0.2) is 0 Å². The third kappa shape index (κ3) is 15.3. The van der Waals surface area contributed by atoms with E-state index in [-0.39, 0.29) is 5.97 Å². The molecule has 0 aliphatic heterocycles. The summed E-state index contributed by atoms with van der Waals surface area (Å²) in [5.74, 6) is -0.127. The van der Waals surface area contributed by atoms with Crippen LogP contribution in [-0.4, -0.2) is 39.0 Å². The largest absolute Gasteiger partial charge is 0.466 e. The zero-order valence-electron chi connectivity index (χ0n) is 12.6. The van der Waals surface area contributed by atoms with Crippen molar-refractivity contribution in [2.24, 2.45) is 0 Å². The first-order valence-electron chi connectivity index (χ1n) is 7.62. The second kappa shape index (κ2) is 15.4. The SMILES string of the molecule is CCCCCCOCCOCCCC(=O)OCCC. The molecule has 0 saturated heterocycles. The van der Waals surface area contributed by atoms with Crippen LogP contribution in [0.15, 0.2) is 0 Å². The number of esters is 1. The predicted molar refractivity (Wildman–Crippen MR) is 76.3 cm³/mol. The molecule has 0 heterocycles. The van der Waals surface area contributed by atoms with Crippen molar-refractivity contribution in [1.82, 2.24) is 0 Å². The Morgan fingerprint density at radius 1 is 0.737 bits per heavy atom. The van der Waals surface area contributed by atoms with Gasteiger partial charge in [0.1, 0.15) is 0 Å². The molecule has 0 aromatic carbocycles. The number of unbranched alkanes of at least 4 members (excludes halogenated alkanes) is 3. The molecule has 0 fully saturated rings. The lowest BCUT2D eigenvalue weighted by molar-refractivity contribution is -0.144. The van der Waals surface area contributed by atoms with Gasteiger partial charge in [-0.2, -0.15) is 0 Å². The molecule has 4 heteroatoms. The van der Waals surface area contributed by atoms with Gasteiger partial charge >= 0.3 is 5.97 Å². The first kappa shape index (κ1) is 18.4. The Morgan fingerprint density at radius 2 is 1.42 bits per heavy atom. The monoisotopic (exact) mass is 274 g/mol. The van der Waals surface area contributed by atoms with Crippen LogP contribution < -0.4 is 0 Å². The predicted octanol–water partition coefficient (Wildman–Crippen LogP) is 3.33. The fraction of sp³-hybridized carbons (Fsp3) is 0.933. The zero-order valence-corrected chi connectivity index (χ0v) is 12.6. The summed E-state index contributed by atoms with van der Waals surface area (Å²) in [5.41, 5.74) is 0. The van der Waals surface area contributed by atoms with Crippen LogP contribution in [0.3, 0.4) is 0 Å². The summed E-state index contributed by atoms with van der Waals surface area (Å²) in [5, 5.41) is 0. The van der Waals surface area contributed by atoms with E-state index >= 15 is 0 Å². The molecular formula is C15H30O4. The topological polar surface area (TPSA) is 44.8 Å². The minimum Gasteiger partial charge on any atom is -0.466 e. The summed E-state index contributed by atoms with van der Waals surface area (Å²) in [7, 11) is 0. The van der Waals surface area contributed by atoms with Gasteiger partial charge in [-0.1, -0.05) is 33.1 Å². The molecular weight excluding hydrogens is 244 g/mol. The molecule has 0 aromatic heterocycles. The van der Waals surface area contributed by atoms with E-state index in [4.69, 9.17) is 14.2 Å². The van der Waals surface area contributed by atoms with Gasteiger partial charge in [0.15, 0.2) is 0 Å². The van der Waals surface area contributed by atoms with Gasteiger partial charge < -0.3 is 14.2 Å². The molecule has 0 radical (unpaired) electrons. The number of carbonyl (C=O) groups excluding carboxylic acids is 1. The Labute approximate surface area is 117 Å². The van der Waals surface area contributed by atoms with E-state index < -0.39 is 0 Å². The Balaban J connectivity index is 3.04. The Bertz CT molecular complexity index is 195. The van der Waals surface area contributed by atoms with Crippen molar-refractivity contribution >= 4 is 5.97 Å². The Morgan fingerprint density at radius 3 is 2.05 bits per heavy atom. The summed E-state index contributed by atoms with van der Waals surface area (Å²) in [6, 6.07) is 0. The third-order valence-corrected chi connectivity index (χ3v) is 2.65. The number of rotatable bonds is 14. The fourth-order valence-electron chi connectivity index (χ4n) is 1.56. The molecule has 0 saturated carbocycles. The summed E-state index contributed by atoms with van der Waals surface area (Å²) in [6.07, 6.45) is 6.96. The van der Waals surface area contributed by atoms with Crippen molar-refractivity contribution in [3.8, 4) is 0 Å². The van der Waals surface area contributed by atoms with E-state index in [1.165, 1.54) is 19.3 Å². The maximum absolute atomic E-state index is 11.2. The molecule has 114 valence electrons. The summed E-state index contributed by atoms with van der Waals surface area (Å²) < 4.78 is 15.8. The maximum Gasteiger partial charge on any atom is 0.305 e. The van der Waals surface area contributed by atoms with Crippen molar-refractivity contribution in [2.45, 2.75) is 58.8 Å². The quantitative estimate of drug-likeness (QED) is 0.360. The highest BCUT2D eigenvalue weighted by Gasteiger charge is 2.01. The average Bonchev–Trinajstić information content (AvgIpc) is 2.42. The van der Waals surface area contributed by atoms with Crippen molar-refractivity contribution in [3.63, 3.8) is 0 Å². The normalized spacial score (nSPS) is 10.6. The molecule has 0 atom stereocenters. The molecule has 0 unspecified atom stereocenters. The maximum atomic E-state index is 11.2. The van der Waals surface area contributed by atoms with Gasteiger partial charge in [0, 0.05) is 19.6 Å². The fourth-order valence-corrected chi connectivity index (χ4v) is 1.56. The Hall–Kier alpha value is -0.610. The van der Waals surface area contributed by atoms with Crippen LogP contribution in [0.1, 0.15) is 58.8 Å². The number of carbonyl (C=O) groups is 1. The number of hydrogen-bond donors (Lipinski definition) is 0. The average molecular weight is 274 g/mol. The van der Waals surface area contributed by atoms with Crippen LogP contribution in [0.2, 0.25) is 0 Å². The van der Waals surface area contributed by atoms with Crippen molar-refractivity contribution in [3.05, 3.63) is 0 Å². The van der Waals surface area contributed by atoms with Crippen LogP contribution in [0, 0.1) is 0 Å². The van der Waals surface area contributed by atoms with Crippen LogP contribution in [0.5, 0.6) is 0 Å². The molecule has 0 aliphatic carbocycles. The highest BCUT2D eigenvalue weighted by atomic mass is 16.5. The lowest BCUT2D eigenvalue weighted by atomic mass is 10.2.